The van der Waals surface area contributed by atoms with Crippen LogP contribution >= 0.6 is 0 Å². The van der Waals surface area contributed by atoms with Crippen molar-refractivity contribution in [2.75, 3.05) is 18.4 Å². The van der Waals surface area contributed by atoms with Crippen LogP contribution in [-0.4, -0.2) is 24.0 Å². The number of amides is 1. The molecule has 20 heavy (non-hydrogen) atoms. The van der Waals surface area contributed by atoms with Crippen LogP contribution in [0.5, 0.6) is 0 Å². The molecule has 0 atom stereocenters. The lowest BCUT2D eigenvalue weighted by molar-refractivity contribution is 0.0948. The van der Waals surface area contributed by atoms with Crippen LogP contribution in [0.2, 0.25) is 0 Å². The molecule has 0 saturated carbocycles. The topological polar surface area (TPSA) is 54.0 Å². The fourth-order valence-corrected chi connectivity index (χ4v) is 2.04. The lowest BCUT2D eigenvalue weighted by Gasteiger charge is -2.07. The zero-order chi connectivity index (χ0) is 14.6. The van der Waals surface area contributed by atoms with Gasteiger partial charge in [-0.3, -0.25) is 4.79 Å². The van der Waals surface area contributed by atoms with Crippen LogP contribution in [0, 0.1) is 0 Å². The van der Waals surface area contributed by atoms with Crippen molar-refractivity contribution in [3.05, 3.63) is 23.9 Å². The predicted molar refractivity (Wildman–Crippen MR) is 84.1 cm³/mol. The molecule has 0 aliphatic rings. The van der Waals surface area contributed by atoms with Gasteiger partial charge in [0.05, 0.1) is 0 Å². The van der Waals surface area contributed by atoms with Crippen LogP contribution in [0.3, 0.4) is 0 Å². The van der Waals surface area contributed by atoms with E-state index in [9.17, 15) is 4.79 Å². The van der Waals surface area contributed by atoms with E-state index in [4.69, 9.17) is 0 Å². The second-order valence-electron chi connectivity index (χ2n) is 4.96. The number of nitrogens with zero attached hydrogens (tertiary/aromatic N) is 1. The second kappa shape index (κ2) is 10.2. The molecule has 0 aliphatic carbocycles. The number of hydrogen-bond acceptors (Lipinski definition) is 3. The van der Waals surface area contributed by atoms with Gasteiger partial charge in [-0.1, -0.05) is 45.1 Å². The van der Waals surface area contributed by atoms with Gasteiger partial charge in [-0.15, -0.1) is 0 Å². The Morgan fingerprint density at radius 1 is 1.10 bits per heavy atom. The highest BCUT2D eigenvalue weighted by Crippen LogP contribution is 2.06. The zero-order valence-corrected chi connectivity index (χ0v) is 12.7. The molecule has 1 aromatic rings. The Kier molecular flexibility index (Phi) is 8.43. The number of aromatic nitrogens is 1. The predicted octanol–water partition coefficient (Wildman–Crippen LogP) is 3.60. The smallest absolute Gasteiger partial charge is 0.269 e. The van der Waals surface area contributed by atoms with Crippen LogP contribution in [0.1, 0.15) is 62.9 Å². The summed E-state index contributed by atoms with van der Waals surface area (Å²) in [6.07, 6.45) is 7.38. The minimum Gasteiger partial charge on any atom is -0.370 e. The van der Waals surface area contributed by atoms with E-state index in [0.717, 1.165) is 25.3 Å². The van der Waals surface area contributed by atoms with E-state index >= 15 is 0 Å². The number of carbonyl (C=O) groups is 1. The van der Waals surface area contributed by atoms with E-state index < -0.39 is 0 Å². The standard InChI is InChI=1S/C16H27N3O/c1-3-5-6-7-8-9-13-18-16(20)14-11-10-12-15(19-14)17-4-2/h10-12H,3-9,13H2,1-2H3,(H,17,19)(H,18,20). The van der Waals surface area contributed by atoms with Gasteiger partial charge in [0, 0.05) is 13.1 Å². The normalized spacial score (nSPS) is 10.3. The molecule has 1 rings (SSSR count). The van der Waals surface area contributed by atoms with Crippen LogP contribution in [0.4, 0.5) is 5.82 Å². The molecule has 0 bridgehead atoms. The van der Waals surface area contributed by atoms with Crippen LogP contribution in [-0.2, 0) is 0 Å². The molecule has 4 nitrogen and oxygen atoms in total. The van der Waals surface area contributed by atoms with Gasteiger partial charge in [-0.25, -0.2) is 4.98 Å². The molecule has 0 radical (unpaired) electrons. The van der Waals surface area contributed by atoms with Crippen LogP contribution in [0.15, 0.2) is 18.2 Å². The summed E-state index contributed by atoms with van der Waals surface area (Å²) in [5, 5.41) is 6.04. The van der Waals surface area contributed by atoms with Crippen molar-refractivity contribution in [2.45, 2.75) is 52.4 Å². The first kappa shape index (κ1) is 16.5. The summed E-state index contributed by atoms with van der Waals surface area (Å²) in [6, 6.07) is 5.47. The van der Waals surface area contributed by atoms with Crippen molar-refractivity contribution in [1.82, 2.24) is 10.3 Å². The Bertz CT molecular complexity index is 393. The summed E-state index contributed by atoms with van der Waals surface area (Å²) in [6.45, 7) is 5.76. The fraction of sp³-hybridized carbons (Fsp3) is 0.625. The number of nitrogens with one attached hydrogen (secondary N) is 2. The lowest BCUT2D eigenvalue weighted by atomic mass is 10.1. The van der Waals surface area contributed by atoms with Crippen molar-refractivity contribution in [3.63, 3.8) is 0 Å². The van der Waals surface area contributed by atoms with E-state index in [0.29, 0.717) is 5.69 Å². The van der Waals surface area contributed by atoms with Gasteiger partial charge >= 0.3 is 0 Å². The number of unbranched alkanes of at least 4 members (excludes halogenated alkanes) is 5. The second-order valence-corrected chi connectivity index (χ2v) is 4.96. The Balaban J connectivity index is 2.23. The highest BCUT2D eigenvalue weighted by molar-refractivity contribution is 5.92. The first-order valence-electron chi connectivity index (χ1n) is 7.77. The van der Waals surface area contributed by atoms with Crippen LogP contribution in [0.25, 0.3) is 0 Å². The molecular weight excluding hydrogens is 250 g/mol. The maximum absolute atomic E-state index is 11.9. The highest BCUT2D eigenvalue weighted by Gasteiger charge is 2.06. The van der Waals surface area contributed by atoms with Gasteiger partial charge < -0.3 is 10.6 Å². The van der Waals surface area contributed by atoms with Gasteiger partial charge in [-0.05, 0) is 25.5 Å². The molecule has 0 aromatic carbocycles. The average molecular weight is 277 g/mol. The van der Waals surface area contributed by atoms with Gasteiger partial charge in [0.2, 0.25) is 0 Å². The van der Waals surface area contributed by atoms with Crippen molar-refractivity contribution < 1.29 is 4.79 Å². The molecule has 2 N–H and O–H groups in total. The molecule has 1 amide bonds. The molecule has 0 fully saturated rings. The Morgan fingerprint density at radius 3 is 2.60 bits per heavy atom. The third-order valence-electron chi connectivity index (χ3n) is 3.16. The van der Waals surface area contributed by atoms with Crippen molar-refractivity contribution in [2.24, 2.45) is 0 Å². The van der Waals surface area contributed by atoms with Gasteiger partial charge in [0.25, 0.3) is 5.91 Å². The summed E-state index contributed by atoms with van der Waals surface area (Å²) < 4.78 is 0. The monoisotopic (exact) mass is 277 g/mol. The molecular formula is C16H27N3O. The maximum atomic E-state index is 11.9. The SMILES string of the molecule is CCCCCCCCNC(=O)c1cccc(NCC)n1. The Morgan fingerprint density at radius 2 is 1.85 bits per heavy atom. The number of hydrogen-bond donors (Lipinski definition) is 2. The fourth-order valence-electron chi connectivity index (χ4n) is 2.04. The van der Waals surface area contributed by atoms with E-state index in [2.05, 4.69) is 22.5 Å². The van der Waals surface area contributed by atoms with Crippen LogP contribution < -0.4 is 10.6 Å². The average Bonchev–Trinajstić information content (AvgIpc) is 2.47. The van der Waals surface area contributed by atoms with Crippen molar-refractivity contribution in [3.8, 4) is 0 Å². The Hall–Kier alpha value is -1.58. The molecule has 1 heterocycles. The first-order valence-corrected chi connectivity index (χ1v) is 7.77. The number of anilines is 1. The van der Waals surface area contributed by atoms with Gasteiger partial charge in [0.1, 0.15) is 11.5 Å². The molecule has 0 unspecified atom stereocenters. The van der Waals surface area contributed by atoms with Crippen molar-refractivity contribution in [1.29, 1.82) is 0 Å². The Labute approximate surface area is 122 Å². The van der Waals surface area contributed by atoms with Gasteiger partial charge in [-0.2, -0.15) is 0 Å². The van der Waals surface area contributed by atoms with Gasteiger partial charge in [0.15, 0.2) is 0 Å². The molecule has 0 saturated heterocycles. The third-order valence-corrected chi connectivity index (χ3v) is 3.16. The molecule has 112 valence electrons. The summed E-state index contributed by atoms with van der Waals surface area (Å²) in [4.78, 5) is 16.2. The summed E-state index contributed by atoms with van der Waals surface area (Å²) >= 11 is 0. The molecule has 0 aliphatic heterocycles. The first-order chi connectivity index (χ1) is 9.77. The van der Waals surface area contributed by atoms with Crippen molar-refractivity contribution >= 4 is 11.7 Å². The quantitative estimate of drug-likeness (QED) is 0.642. The summed E-state index contributed by atoms with van der Waals surface area (Å²) in [5.41, 5.74) is 0.481. The maximum Gasteiger partial charge on any atom is 0.269 e. The van der Waals surface area contributed by atoms with E-state index in [1.165, 1.54) is 32.1 Å². The number of pyridine rings is 1. The van der Waals surface area contributed by atoms with E-state index in [1.54, 1.807) is 6.07 Å². The molecule has 1 aromatic heterocycles. The molecule has 4 heteroatoms. The minimum absolute atomic E-state index is 0.0849. The third kappa shape index (κ3) is 6.55. The summed E-state index contributed by atoms with van der Waals surface area (Å²) in [5.74, 6) is 0.665. The highest BCUT2D eigenvalue weighted by atomic mass is 16.1. The number of carbonyl (C=O) groups excluding carboxylic acids is 1. The molecule has 0 spiro atoms. The largest absolute Gasteiger partial charge is 0.370 e. The zero-order valence-electron chi connectivity index (χ0n) is 12.7. The van der Waals surface area contributed by atoms with E-state index in [1.807, 2.05) is 19.1 Å². The van der Waals surface area contributed by atoms with E-state index in [-0.39, 0.29) is 5.91 Å². The number of rotatable bonds is 10. The lowest BCUT2D eigenvalue weighted by Crippen LogP contribution is -2.25. The minimum atomic E-state index is -0.0849. The summed E-state index contributed by atoms with van der Waals surface area (Å²) in [7, 11) is 0.